The fraction of sp³-hybridized carbons (Fsp3) is 0.240. The SMILES string of the molecule is Cc1cc2c(C(N)=O)cc(F)cc2n1-c1ncc(N2CCOCC2)c(NCc2ccccc2)n1. The third-order valence-electron chi connectivity index (χ3n) is 5.95. The number of rotatable bonds is 6. The van der Waals surface area contributed by atoms with Crippen LogP contribution in [0.4, 0.5) is 15.9 Å². The second kappa shape index (κ2) is 9.11. The molecule has 3 heterocycles. The van der Waals surface area contributed by atoms with E-state index in [-0.39, 0.29) is 5.56 Å². The van der Waals surface area contributed by atoms with E-state index in [0.717, 1.165) is 36.1 Å². The first-order valence-corrected chi connectivity index (χ1v) is 11.1. The molecule has 0 unspecified atom stereocenters. The summed E-state index contributed by atoms with van der Waals surface area (Å²) in [7, 11) is 0. The van der Waals surface area contributed by atoms with E-state index in [1.807, 2.05) is 37.3 Å². The summed E-state index contributed by atoms with van der Waals surface area (Å²) < 4.78 is 21.6. The van der Waals surface area contributed by atoms with Crippen molar-refractivity contribution >= 4 is 28.3 Å². The standard InChI is InChI=1S/C25H25FN6O2/c1-16-11-19-20(23(27)33)12-18(26)13-21(19)32(16)25-29-15-22(31-7-9-34-10-8-31)24(30-25)28-14-17-5-3-2-4-6-17/h2-6,11-13,15H,7-10,14H2,1H3,(H2,27,33)(H,28,29,30). The number of hydrogen-bond acceptors (Lipinski definition) is 6. The lowest BCUT2D eigenvalue weighted by Gasteiger charge is -2.30. The van der Waals surface area contributed by atoms with E-state index in [0.29, 0.717) is 42.4 Å². The van der Waals surface area contributed by atoms with Crippen LogP contribution in [0.1, 0.15) is 21.6 Å². The number of aryl methyl sites for hydroxylation is 1. The molecular formula is C25H25FN6O2. The predicted octanol–water partition coefficient (Wildman–Crippen LogP) is 3.42. The average Bonchev–Trinajstić information content (AvgIpc) is 3.18. The third kappa shape index (κ3) is 4.17. The van der Waals surface area contributed by atoms with Crippen LogP contribution in [0.15, 0.2) is 54.7 Å². The molecule has 9 heteroatoms. The van der Waals surface area contributed by atoms with Gasteiger partial charge in [0.1, 0.15) is 5.82 Å². The highest BCUT2D eigenvalue weighted by atomic mass is 19.1. The number of halogens is 1. The maximum atomic E-state index is 14.4. The van der Waals surface area contributed by atoms with Crippen LogP contribution in [0, 0.1) is 12.7 Å². The molecule has 34 heavy (non-hydrogen) atoms. The molecule has 5 rings (SSSR count). The second-order valence-electron chi connectivity index (χ2n) is 8.21. The number of amides is 1. The first kappa shape index (κ1) is 21.8. The molecule has 1 aliphatic rings. The normalized spacial score (nSPS) is 13.9. The quantitative estimate of drug-likeness (QED) is 0.458. The summed E-state index contributed by atoms with van der Waals surface area (Å²) in [5.74, 6) is -0.187. The van der Waals surface area contributed by atoms with Crippen molar-refractivity contribution in [3.05, 3.63) is 77.4 Å². The van der Waals surface area contributed by atoms with E-state index in [1.165, 1.54) is 6.07 Å². The van der Waals surface area contributed by atoms with Crippen molar-refractivity contribution in [1.82, 2.24) is 14.5 Å². The summed E-state index contributed by atoms with van der Waals surface area (Å²) in [6.45, 7) is 5.19. The molecular weight excluding hydrogens is 435 g/mol. The fourth-order valence-corrected chi connectivity index (χ4v) is 4.29. The molecule has 1 fully saturated rings. The van der Waals surface area contributed by atoms with Crippen LogP contribution in [-0.2, 0) is 11.3 Å². The lowest BCUT2D eigenvalue weighted by Crippen LogP contribution is -2.37. The smallest absolute Gasteiger partial charge is 0.249 e. The van der Waals surface area contributed by atoms with Crippen LogP contribution in [0.2, 0.25) is 0 Å². The van der Waals surface area contributed by atoms with Crippen molar-refractivity contribution in [1.29, 1.82) is 0 Å². The number of nitrogens with two attached hydrogens (primary N) is 1. The van der Waals surface area contributed by atoms with Gasteiger partial charge in [-0.05, 0) is 30.7 Å². The largest absolute Gasteiger partial charge is 0.378 e. The summed E-state index contributed by atoms with van der Waals surface area (Å²) in [5, 5.41) is 4.00. The lowest BCUT2D eigenvalue weighted by atomic mass is 10.1. The minimum atomic E-state index is -0.685. The summed E-state index contributed by atoms with van der Waals surface area (Å²) >= 11 is 0. The first-order valence-electron chi connectivity index (χ1n) is 11.1. The Morgan fingerprint density at radius 1 is 1.18 bits per heavy atom. The highest BCUT2D eigenvalue weighted by Crippen LogP contribution is 2.30. The summed E-state index contributed by atoms with van der Waals surface area (Å²) in [6, 6.07) is 14.4. The molecule has 1 aliphatic heterocycles. The monoisotopic (exact) mass is 460 g/mol. The van der Waals surface area contributed by atoms with Crippen LogP contribution in [-0.4, -0.2) is 46.7 Å². The van der Waals surface area contributed by atoms with Gasteiger partial charge in [-0.3, -0.25) is 9.36 Å². The van der Waals surface area contributed by atoms with Crippen molar-refractivity contribution in [2.75, 3.05) is 36.5 Å². The number of fused-ring (bicyclic) bond motifs is 1. The molecule has 3 N–H and O–H groups in total. The third-order valence-corrected chi connectivity index (χ3v) is 5.95. The maximum absolute atomic E-state index is 14.4. The van der Waals surface area contributed by atoms with Gasteiger partial charge in [-0.2, -0.15) is 4.98 Å². The van der Waals surface area contributed by atoms with Crippen LogP contribution in [0.25, 0.3) is 16.9 Å². The van der Waals surface area contributed by atoms with Gasteiger partial charge in [0, 0.05) is 30.7 Å². The van der Waals surface area contributed by atoms with Crippen molar-refractivity contribution in [3.8, 4) is 5.95 Å². The first-order chi connectivity index (χ1) is 16.5. The van der Waals surface area contributed by atoms with Gasteiger partial charge >= 0.3 is 0 Å². The predicted molar refractivity (Wildman–Crippen MR) is 129 cm³/mol. The topological polar surface area (TPSA) is 98.3 Å². The zero-order chi connectivity index (χ0) is 23.7. The zero-order valence-electron chi connectivity index (χ0n) is 18.8. The van der Waals surface area contributed by atoms with Gasteiger partial charge in [0.25, 0.3) is 0 Å². The number of nitrogens with zero attached hydrogens (tertiary/aromatic N) is 4. The number of morpholine rings is 1. The Bertz CT molecular complexity index is 1350. The Morgan fingerprint density at radius 2 is 1.94 bits per heavy atom. The number of benzene rings is 2. The Labute approximate surface area is 196 Å². The van der Waals surface area contributed by atoms with Crippen LogP contribution in [0.5, 0.6) is 0 Å². The molecule has 0 aliphatic carbocycles. The van der Waals surface area contributed by atoms with Gasteiger partial charge in [0.15, 0.2) is 5.82 Å². The molecule has 0 saturated carbocycles. The van der Waals surface area contributed by atoms with E-state index in [9.17, 15) is 9.18 Å². The van der Waals surface area contributed by atoms with Crippen LogP contribution >= 0.6 is 0 Å². The van der Waals surface area contributed by atoms with Crippen molar-refractivity contribution in [2.45, 2.75) is 13.5 Å². The minimum absolute atomic E-state index is 0.129. The summed E-state index contributed by atoms with van der Waals surface area (Å²) in [4.78, 5) is 23.6. The Morgan fingerprint density at radius 3 is 2.68 bits per heavy atom. The van der Waals surface area contributed by atoms with Crippen molar-refractivity contribution in [2.24, 2.45) is 5.73 Å². The lowest BCUT2D eigenvalue weighted by molar-refractivity contribution is 0.100. The molecule has 0 bridgehead atoms. The van der Waals surface area contributed by atoms with E-state index in [4.69, 9.17) is 15.5 Å². The molecule has 4 aromatic rings. The van der Waals surface area contributed by atoms with Gasteiger partial charge in [0.2, 0.25) is 11.9 Å². The summed E-state index contributed by atoms with van der Waals surface area (Å²) in [6.07, 6.45) is 1.78. The van der Waals surface area contributed by atoms with E-state index < -0.39 is 11.7 Å². The minimum Gasteiger partial charge on any atom is -0.378 e. The molecule has 174 valence electrons. The Balaban J connectivity index is 1.60. The van der Waals surface area contributed by atoms with Crippen LogP contribution in [0.3, 0.4) is 0 Å². The van der Waals surface area contributed by atoms with Crippen molar-refractivity contribution < 1.29 is 13.9 Å². The second-order valence-corrected chi connectivity index (χ2v) is 8.21. The number of ether oxygens (including phenoxy) is 1. The number of aromatic nitrogens is 3. The molecule has 0 radical (unpaired) electrons. The number of carbonyl (C=O) groups excluding carboxylic acids is 1. The van der Waals surface area contributed by atoms with Crippen molar-refractivity contribution in [3.63, 3.8) is 0 Å². The molecule has 0 atom stereocenters. The highest BCUT2D eigenvalue weighted by Gasteiger charge is 2.21. The molecule has 1 amide bonds. The van der Waals surface area contributed by atoms with Gasteiger partial charge < -0.3 is 20.7 Å². The number of carbonyl (C=O) groups is 1. The zero-order valence-corrected chi connectivity index (χ0v) is 18.8. The molecule has 0 spiro atoms. The van der Waals surface area contributed by atoms with Gasteiger partial charge in [-0.25, -0.2) is 9.37 Å². The molecule has 2 aromatic carbocycles. The maximum Gasteiger partial charge on any atom is 0.249 e. The van der Waals surface area contributed by atoms with E-state index in [1.54, 1.807) is 16.8 Å². The van der Waals surface area contributed by atoms with Gasteiger partial charge in [-0.15, -0.1) is 0 Å². The van der Waals surface area contributed by atoms with Gasteiger partial charge in [0.05, 0.1) is 36.2 Å². The highest BCUT2D eigenvalue weighted by molar-refractivity contribution is 6.06. The molecule has 8 nitrogen and oxygen atoms in total. The number of nitrogens with one attached hydrogen (secondary N) is 1. The molecule has 1 saturated heterocycles. The Hall–Kier alpha value is -3.98. The fourth-order valence-electron chi connectivity index (χ4n) is 4.29. The van der Waals surface area contributed by atoms with Gasteiger partial charge in [-0.1, -0.05) is 30.3 Å². The average molecular weight is 461 g/mol. The number of hydrogen-bond donors (Lipinski definition) is 2. The number of anilines is 2. The molecule has 2 aromatic heterocycles. The van der Waals surface area contributed by atoms with E-state index >= 15 is 0 Å². The Kier molecular flexibility index (Phi) is 5.85. The summed E-state index contributed by atoms with van der Waals surface area (Å²) in [5.41, 5.74) is 8.86. The van der Waals surface area contributed by atoms with Crippen LogP contribution < -0.4 is 16.0 Å². The number of primary amides is 1. The van der Waals surface area contributed by atoms with E-state index in [2.05, 4.69) is 15.2 Å².